The van der Waals surface area contributed by atoms with Gasteiger partial charge in [-0.2, -0.15) is 0 Å². The maximum absolute atomic E-state index is 12.7. The Kier molecular flexibility index (Phi) is 2.88. The second-order valence-corrected chi connectivity index (χ2v) is 6.60. The Balaban J connectivity index is 1.58. The van der Waals surface area contributed by atoms with E-state index in [0.29, 0.717) is 0 Å². The van der Waals surface area contributed by atoms with E-state index in [-0.39, 0.29) is 10.7 Å². The van der Waals surface area contributed by atoms with Crippen molar-refractivity contribution in [1.29, 1.82) is 0 Å². The first-order valence-electron chi connectivity index (χ1n) is 11.6. The van der Waals surface area contributed by atoms with Gasteiger partial charge in [0.05, 0.1) is 25.1 Å². The van der Waals surface area contributed by atoms with Crippen LogP contribution in [-0.2, 0) is 9.53 Å². The number of pyridine rings is 1. The molecule has 1 N–H and O–H groups in total. The second-order valence-electron chi connectivity index (χ2n) is 5.42. The molecule has 1 amide bonds. The van der Waals surface area contributed by atoms with E-state index in [1.807, 2.05) is 25.1 Å². The Morgan fingerprint density at radius 1 is 1.31 bits per heavy atom. The molecule has 134 valence electrons. The van der Waals surface area contributed by atoms with Gasteiger partial charge in [-0.25, -0.2) is 4.98 Å². The highest BCUT2D eigenvalue weighted by molar-refractivity contribution is 7.14. The van der Waals surface area contributed by atoms with Gasteiger partial charge in [-0.05, 0) is 24.4 Å². The fourth-order valence-electron chi connectivity index (χ4n) is 2.37. The van der Waals surface area contributed by atoms with Gasteiger partial charge in [0.1, 0.15) is 15.8 Å². The number of hydrogen-bond acceptors (Lipinski definition) is 7. The molecule has 0 spiro atoms. The van der Waals surface area contributed by atoms with Crippen molar-refractivity contribution in [3.8, 4) is 10.6 Å². The van der Waals surface area contributed by atoms with Crippen LogP contribution in [0.15, 0.2) is 30.5 Å². The number of carbonyl (C=O) groups is 1. The maximum Gasteiger partial charge on any atom is 0.239 e. The lowest BCUT2D eigenvalue weighted by Crippen LogP contribution is -2.41. The van der Waals surface area contributed by atoms with E-state index in [1.165, 1.54) is 17.5 Å². The van der Waals surface area contributed by atoms with Crippen LogP contribution in [-0.4, -0.2) is 58.6 Å². The van der Waals surface area contributed by atoms with Crippen molar-refractivity contribution in [1.82, 2.24) is 20.1 Å². The molecule has 1 fully saturated rings. The Morgan fingerprint density at radius 2 is 2.15 bits per heavy atom. The molecule has 7 nitrogen and oxygen atoms in total. The zero-order valence-corrected chi connectivity index (χ0v) is 14.4. The molecule has 3 aromatic rings. The average molecular weight is 377 g/mol. The molecule has 2 aromatic heterocycles. The first-order valence-corrected chi connectivity index (χ1v) is 8.44. The number of rotatable bonds is 4. The molecule has 0 radical (unpaired) electrons. The lowest BCUT2D eigenvalue weighted by Gasteiger charge is -2.25. The number of aryl methyl sites for hydroxylation is 1. The Morgan fingerprint density at radius 3 is 2.92 bits per heavy atom. The highest BCUT2D eigenvalue weighted by atomic mass is 32.1. The molecule has 0 saturated carbocycles. The summed E-state index contributed by atoms with van der Waals surface area (Å²) in [4.78, 5) is 17.0. The predicted octanol–water partition coefficient (Wildman–Crippen LogP) is 2.33. The third-order valence-electron chi connectivity index (χ3n) is 3.53. The number of nitrogens with zero attached hydrogens (tertiary/aromatic N) is 4. The van der Waals surface area contributed by atoms with Gasteiger partial charge >= 0.3 is 0 Å². The maximum atomic E-state index is 12.7. The Bertz CT molecular complexity index is 1240. The second kappa shape index (κ2) is 7.45. The molecule has 4 rings (SSSR count). The fraction of sp³-hybridized carbons (Fsp3) is 0.333. The van der Waals surface area contributed by atoms with Gasteiger partial charge in [-0.15, -0.1) is 10.2 Å². The minimum Gasteiger partial charge on any atom is -0.379 e. The number of hydrogen-bond donors (Lipinski definition) is 1. The zero-order valence-electron chi connectivity index (χ0n) is 21.6. The predicted molar refractivity (Wildman–Crippen MR) is 101 cm³/mol. The standard InChI is InChI=1S/C18H19N5O2S/c1-12-21-22-18(26-12)13-2-3-14-10-19-16(9-15(14)8-13)20-17(24)11-23-4-6-25-7-5-23/h2-3,8-10H,4-7,11H2,1H3,(H,19,20,24)/i4D2,5D2,6D2,7D2. The van der Waals surface area contributed by atoms with Gasteiger partial charge < -0.3 is 10.1 Å². The molecule has 0 atom stereocenters. The molecular formula is C18H19N5O2S. The van der Waals surface area contributed by atoms with Crippen LogP contribution in [0.3, 0.4) is 0 Å². The number of amides is 1. The van der Waals surface area contributed by atoms with Crippen LogP contribution in [0.1, 0.15) is 16.0 Å². The number of morpholine rings is 1. The van der Waals surface area contributed by atoms with Gasteiger partial charge in [0, 0.05) is 35.6 Å². The van der Waals surface area contributed by atoms with E-state index < -0.39 is 38.6 Å². The van der Waals surface area contributed by atoms with Crippen LogP contribution in [0, 0.1) is 6.92 Å². The van der Waals surface area contributed by atoms with Crippen molar-refractivity contribution < 1.29 is 20.5 Å². The molecule has 0 unspecified atom stereocenters. The lowest BCUT2D eigenvalue weighted by molar-refractivity contribution is -0.118. The molecule has 1 aromatic carbocycles. The molecule has 8 heteroatoms. The van der Waals surface area contributed by atoms with Crippen LogP contribution < -0.4 is 5.32 Å². The quantitative estimate of drug-likeness (QED) is 0.752. The van der Waals surface area contributed by atoms with Crippen LogP contribution in [0.2, 0.25) is 0 Å². The van der Waals surface area contributed by atoms with Gasteiger partial charge in [-0.1, -0.05) is 23.5 Å². The average Bonchev–Trinajstić information content (AvgIpc) is 3.16. The first-order chi connectivity index (χ1) is 15.6. The topological polar surface area (TPSA) is 80.2 Å². The largest absolute Gasteiger partial charge is 0.379 e. The van der Waals surface area contributed by atoms with E-state index in [4.69, 9.17) is 11.0 Å². The first kappa shape index (κ1) is 10.1. The highest BCUT2D eigenvalue weighted by Gasteiger charge is 2.14. The molecule has 3 heterocycles. The molecule has 1 saturated heterocycles. The molecule has 0 bridgehead atoms. The molecule has 26 heavy (non-hydrogen) atoms. The molecule has 1 aliphatic heterocycles. The summed E-state index contributed by atoms with van der Waals surface area (Å²) in [6, 6.07) is 7.12. The van der Waals surface area contributed by atoms with Crippen LogP contribution in [0.25, 0.3) is 21.3 Å². The minimum atomic E-state index is -3.22. The van der Waals surface area contributed by atoms with Crippen molar-refractivity contribution in [3.63, 3.8) is 0 Å². The number of anilines is 1. The zero-order chi connectivity index (χ0) is 25.1. The third kappa shape index (κ3) is 3.87. The third-order valence-corrected chi connectivity index (χ3v) is 4.41. The summed E-state index contributed by atoms with van der Waals surface area (Å²) >= 11 is 1.43. The van der Waals surface area contributed by atoms with Gasteiger partial charge in [0.2, 0.25) is 5.91 Å². The van der Waals surface area contributed by atoms with E-state index in [1.54, 1.807) is 6.07 Å². The number of ether oxygens (including phenoxy) is 1. The smallest absolute Gasteiger partial charge is 0.239 e. The van der Waals surface area contributed by atoms with Crippen molar-refractivity contribution in [2.45, 2.75) is 6.92 Å². The summed E-state index contributed by atoms with van der Waals surface area (Å²) < 4.78 is 67.2. The van der Waals surface area contributed by atoms with Gasteiger partial charge in [0.25, 0.3) is 0 Å². The molecule has 0 aliphatic carbocycles. The minimum absolute atomic E-state index is 0.100. The van der Waals surface area contributed by atoms with E-state index >= 15 is 0 Å². The van der Waals surface area contributed by atoms with E-state index in [9.17, 15) is 4.79 Å². The molecular weight excluding hydrogens is 350 g/mol. The van der Waals surface area contributed by atoms with Crippen LogP contribution in [0.5, 0.6) is 0 Å². The number of benzene rings is 1. The van der Waals surface area contributed by atoms with E-state index in [2.05, 4.69) is 25.2 Å². The summed E-state index contributed by atoms with van der Waals surface area (Å²) in [5.41, 5.74) is 0.820. The SMILES string of the molecule is [2H]C1([2H])OC([2H])([2H])C([2H])([2H])N(CC(=O)Nc2cc3cc(-c4nnc(C)s4)ccc3cn2)C1([2H])[2H]. The van der Waals surface area contributed by atoms with Crippen molar-refractivity contribution in [2.24, 2.45) is 0 Å². The Hall–Kier alpha value is -2.42. The van der Waals surface area contributed by atoms with Gasteiger partial charge in [0.15, 0.2) is 0 Å². The summed E-state index contributed by atoms with van der Waals surface area (Å²) in [5.74, 6) is -0.813. The van der Waals surface area contributed by atoms with E-state index in [0.717, 1.165) is 26.4 Å². The van der Waals surface area contributed by atoms with Crippen molar-refractivity contribution >= 4 is 33.8 Å². The summed E-state index contributed by atoms with van der Waals surface area (Å²) in [5, 5.41) is 13.6. The monoisotopic (exact) mass is 377 g/mol. The molecule has 1 aliphatic rings. The lowest BCUT2D eigenvalue weighted by atomic mass is 10.1. The Labute approximate surface area is 166 Å². The summed E-state index contributed by atoms with van der Waals surface area (Å²) in [6.45, 7) is -11.9. The van der Waals surface area contributed by atoms with Crippen molar-refractivity contribution in [3.05, 3.63) is 35.5 Å². The summed E-state index contributed by atoms with van der Waals surface area (Å²) in [6.07, 6.45) is 1.52. The number of fused-ring (bicyclic) bond motifs is 1. The normalized spacial score (nSPS) is 27.6. The summed E-state index contributed by atoms with van der Waals surface area (Å²) in [7, 11) is 0. The number of carbonyl (C=O) groups excluding carboxylic acids is 1. The van der Waals surface area contributed by atoms with Crippen molar-refractivity contribution in [2.75, 3.05) is 38.0 Å². The van der Waals surface area contributed by atoms with Crippen LogP contribution in [0.4, 0.5) is 5.82 Å². The fourth-order valence-corrected chi connectivity index (χ4v) is 3.06. The number of aromatic nitrogens is 3. The van der Waals surface area contributed by atoms with Crippen LogP contribution >= 0.6 is 11.3 Å². The number of nitrogens with one attached hydrogen (secondary N) is 1. The highest BCUT2D eigenvalue weighted by Crippen LogP contribution is 2.27. The van der Waals surface area contributed by atoms with Gasteiger partial charge in [-0.3, -0.25) is 9.69 Å².